The molecule has 1 atom stereocenters. The van der Waals surface area contributed by atoms with Crippen LogP contribution in [0.1, 0.15) is 29.9 Å². The maximum Gasteiger partial charge on any atom is 0.495 e. The van der Waals surface area contributed by atoms with Crippen LogP contribution in [0, 0.1) is 0 Å². The van der Waals surface area contributed by atoms with E-state index in [-0.39, 0.29) is 24.3 Å². The van der Waals surface area contributed by atoms with Crippen LogP contribution in [0.25, 0.3) is 0 Å². The molecule has 2 heterocycles. The lowest BCUT2D eigenvalue weighted by atomic mass is 9.81. The summed E-state index contributed by atoms with van der Waals surface area (Å²) in [5.74, 6) is -0.456. The molecule has 1 amide bonds. The zero-order chi connectivity index (χ0) is 15.4. The molecule has 8 heteroatoms. The third-order valence-corrected chi connectivity index (χ3v) is 3.40. The summed E-state index contributed by atoms with van der Waals surface area (Å²) >= 11 is 0. The van der Waals surface area contributed by atoms with Crippen LogP contribution in [-0.4, -0.2) is 50.9 Å². The Hall–Kier alpha value is -1.80. The highest BCUT2D eigenvalue weighted by atomic mass is 16.6. The van der Waals surface area contributed by atoms with Gasteiger partial charge in [0, 0.05) is 32.4 Å². The largest absolute Gasteiger partial charge is 0.495 e. The second-order valence-electron chi connectivity index (χ2n) is 4.74. The van der Waals surface area contributed by atoms with Crippen molar-refractivity contribution < 1.29 is 23.6 Å². The first-order valence-corrected chi connectivity index (χ1v) is 6.81. The summed E-state index contributed by atoms with van der Waals surface area (Å²) in [5.41, 5.74) is 1.23. The molecule has 0 fully saturated rings. The molecular formula is C13H19BN2O5. The van der Waals surface area contributed by atoms with E-state index in [0.29, 0.717) is 18.8 Å². The highest BCUT2D eigenvalue weighted by molar-refractivity contribution is 6.61. The molecule has 1 unspecified atom stereocenters. The summed E-state index contributed by atoms with van der Waals surface area (Å²) in [6.07, 6.45) is 2.00. The van der Waals surface area contributed by atoms with Crippen LogP contribution in [0.4, 0.5) is 0 Å². The average Bonchev–Trinajstić information content (AvgIpc) is 2.90. The molecule has 1 aliphatic rings. The van der Waals surface area contributed by atoms with Crippen molar-refractivity contribution in [2.45, 2.75) is 19.4 Å². The lowest BCUT2D eigenvalue weighted by Crippen LogP contribution is -2.39. The maximum absolute atomic E-state index is 11.9. The zero-order valence-corrected chi connectivity index (χ0v) is 12.4. The summed E-state index contributed by atoms with van der Waals surface area (Å²) in [5, 5.41) is 2.77. The minimum absolute atomic E-state index is 0.167. The van der Waals surface area contributed by atoms with Crippen molar-refractivity contribution in [2.75, 3.05) is 27.4 Å². The first-order chi connectivity index (χ1) is 10.1. The van der Waals surface area contributed by atoms with Gasteiger partial charge in [-0.15, -0.1) is 0 Å². The Bertz CT molecular complexity index is 527. The van der Waals surface area contributed by atoms with Gasteiger partial charge in [-0.25, -0.2) is 0 Å². The van der Waals surface area contributed by atoms with E-state index in [4.69, 9.17) is 14.0 Å². The van der Waals surface area contributed by atoms with Crippen molar-refractivity contribution >= 4 is 24.5 Å². The first kappa shape index (κ1) is 15.6. The number of carbonyl (C=O) groups is 2. The number of carbonyl (C=O) groups excluding carboxylic acids is 2. The zero-order valence-electron chi connectivity index (χ0n) is 12.4. The highest BCUT2D eigenvalue weighted by Gasteiger charge is 2.30. The molecule has 0 saturated heterocycles. The third kappa shape index (κ3) is 3.28. The Kier molecular flexibility index (Phi) is 5.03. The number of nitrogens with one attached hydrogen (secondary N) is 1. The second-order valence-corrected chi connectivity index (χ2v) is 4.74. The van der Waals surface area contributed by atoms with Crippen LogP contribution in [0.3, 0.4) is 0 Å². The van der Waals surface area contributed by atoms with Crippen LogP contribution in [0.2, 0.25) is 0 Å². The topological polar surface area (TPSA) is 78.8 Å². The van der Waals surface area contributed by atoms with E-state index in [2.05, 4.69) is 5.32 Å². The fraction of sp³-hybridized carbons (Fsp3) is 0.538. The van der Waals surface area contributed by atoms with Crippen LogP contribution in [0.15, 0.2) is 12.3 Å². The van der Waals surface area contributed by atoms with Gasteiger partial charge in [0.1, 0.15) is 5.69 Å². The Balaban J connectivity index is 2.25. The van der Waals surface area contributed by atoms with Crippen LogP contribution >= 0.6 is 0 Å². The van der Waals surface area contributed by atoms with Crippen molar-refractivity contribution in [1.82, 2.24) is 9.88 Å². The quantitative estimate of drug-likeness (QED) is 0.576. The highest BCUT2D eigenvalue weighted by Crippen LogP contribution is 2.19. The van der Waals surface area contributed by atoms with Gasteiger partial charge in [-0.2, -0.15) is 0 Å². The predicted molar refractivity (Wildman–Crippen MR) is 76.5 cm³/mol. The normalized spacial score (nSPS) is 17.1. The van der Waals surface area contributed by atoms with Crippen LogP contribution in [0.5, 0.6) is 0 Å². The van der Waals surface area contributed by atoms with Crippen molar-refractivity contribution in [3.05, 3.63) is 18.0 Å². The summed E-state index contributed by atoms with van der Waals surface area (Å²) in [6, 6.07) is 1.55. The molecular weight excluding hydrogens is 275 g/mol. The molecule has 21 heavy (non-hydrogen) atoms. The molecule has 1 N–H and O–H groups in total. The van der Waals surface area contributed by atoms with Gasteiger partial charge >= 0.3 is 13.1 Å². The first-order valence-electron chi connectivity index (χ1n) is 6.81. The van der Waals surface area contributed by atoms with E-state index in [1.54, 1.807) is 23.8 Å². The fourth-order valence-corrected chi connectivity index (χ4v) is 2.46. The lowest BCUT2D eigenvalue weighted by Gasteiger charge is -2.25. The smallest absolute Gasteiger partial charge is 0.466 e. The number of ether oxygens (including phenoxy) is 1. The standard InChI is InChI=1S/C13H19BN2O5/c1-4-21-12(17)6-10-7-15-13(18)11-5-9(8-16(10)11)14(19-2)20-3/h5,8,10H,4,6-7H2,1-3H3,(H,15,18). The molecule has 1 aromatic rings. The van der Waals surface area contributed by atoms with Gasteiger partial charge in [-0.1, -0.05) is 0 Å². The van der Waals surface area contributed by atoms with E-state index in [9.17, 15) is 9.59 Å². The minimum atomic E-state index is -0.542. The Morgan fingerprint density at radius 2 is 2.19 bits per heavy atom. The number of aromatic nitrogens is 1. The Morgan fingerprint density at radius 1 is 1.48 bits per heavy atom. The number of rotatable bonds is 6. The molecule has 0 spiro atoms. The van der Waals surface area contributed by atoms with E-state index in [1.165, 1.54) is 14.2 Å². The van der Waals surface area contributed by atoms with E-state index < -0.39 is 7.12 Å². The van der Waals surface area contributed by atoms with Crippen LogP contribution < -0.4 is 10.8 Å². The van der Waals surface area contributed by atoms with E-state index in [1.807, 2.05) is 0 Å². The van der Waals surface area contributed by atoms with Gasteiger partial charge in [0.25, 0.3) is 5.91 Å². The second kappa shape index (κ2) is 6.77. The van der Waals surface area contributed by atoms with Gasteiger partial charge in [-0.3, -0.25) is 9.59 Å². The SMILES string of the molecule is CCOC(=O)CC1CNC(=O)c2cc(B(OC)OC)cn21. The molecule has 0 radical (unpaired) electrons. The van der Waals surface area contributed by atoms with Gasteiger partial charge < -0.3 is 23.9 Å². The van der Waals surface area contributed by atoms with E-state index in [0.717, 1.165) is 5.46 Å². The third-order valence-electron chi connectivity index (χ3n) is 3.40. The van der Waals surface area contributed by atoms with E-state index >= 15 is 0 Å². The summed E-state index contributed by atoms with van der Waals surface area (Å²) in [7, 11) is 2.52. The fourth-order valence-electron chi connectivity index (χ4n) is 2.46. The molecule has 0 aliphatic carbocycles. The molecule has 0 saturated carbocycles. The summed E-state index contributed by atoms with van der Waals surface area (Å²) < 4.78 is 17.1. The number of nitrogens with zero attached hydrogens (tertiary/aromatic N) is 1. The molecule has 0 bridgehead atoms. The van der Waals surface area contributed by atoms with Crippen LogP contribution in [-0.2, 0) is 18.8 Å². The lowest BCUT2D eigenvalue weighted by molar-refractivity contribution is -0.144. The molecule has 2 rings (SSSR count). The van der Waals surface area contributed by atoms with Gasteiger partial charge in [-0.05, 0) is 13.0 Å². The van der Waals surface area contributed by atoms with Gasteiger partial charge in [0.05, 0.1) is 19.1 Å². The number of hydrogen-bond donors (Lipinski definition) is 1. The Morgan fingerprint density at radius 3 is 2.81 bits per heavy atom. The molecule has 1 aliphatic heterocycles. The Labute approximate surface area is 123 Å². The number of hydrogen-bond acceptors (Lipinski definition) is 5. The number of amides is 1. The molecule has 0 aromatic carbocycles. The van der Waals surface area contributed by atoms with Gasteiger partial charge in [0.2, 0.25) is 0 Å². The van der Waals surface area contributed by atoms with Crippen molar-refractivity contribution in [1.29, 1.82) is 0 Å². The molecule has 114 valence electrons. The average molecular weight is 294 g/mol. The maximum atomic E-state index is 11.9. The van der Waals surface area contributed by atoms with Crippen molar-refractivity contribution in [3.8, 4) is 0 Å². The summed E-state index contributed by atoms with van der Waals surface area (Å²) in [4.78, 5) is 23.6. The molecule has 7 nitrogen and oxygen atoms in total. The summed E-state index contributed by atoms with van der Waals surface area (Å²) in [6.45, 7) is 2.50. The predicted octanol–water partition coefficient (Wildman–Crippen LogP) is -0.286. The number of esters is 1. The molecule has 1 aromatic heterocycles. The van der Waals surface area contributed by atoms with Crippen molar-refractivity contribution in [3.63, 3.8) is 0 Å². The number of fused-ring (bicyclic) bond motifs is 1. The minimum Gasteiger partial charge on any atom is -0.466 e. The van der Waals surface area contributed by atoms with Crippen molar-refractivity contribution in [2.24, 2.45) is 0 Å². The monoisotopic (exact) mass is 294 g/mol. The van der Waals surface area contributed by atoms with Gasteiger partial charge in [0.15, 0.2) is 0 Å².